The van der Waals surface area contributed by atoms with E-state index in [1.54, 1.807) is 38.3 Å². The van der Waals surface area contributed by atoms with Crippen molar-refractivity contribution in [1.82, 2.24) is 10.2 Å². The van der Waals surface area contributed by atoms with E-state index in [9.17, 15) is 9.18 Å². The van der Waals surface area contributed by atoms with Gasteiger partial charge in [0, 0.05) is 16.8 Å². The van der Waals surface area contributed by atoms with Crippen molar-refractivity contribution < 1.29 is 18.3 Å². The van der Waals surface area contributed by atoms with Crippen molar-refractivity contribution in [1.29, 1.82) is 0 Å². The third kappa shape index (κ3) is 4.42. The van der Waals surface area contributed by atoms with E-state index in [0.29, 0.717) is 32.2 Å². The summed E-state index contributed by atoms with van der Waals surface area (Å²) in [7, 11) is 1.56. The van der Waals surface area contributed by atoms with Gasteiger partial charge < -0.3 is 19.8 Å². The maximum Gasteiger partial charge on any atom is 0.237 e. The molecule has 0 saturated carbocycles. The summed E-state index contributed by atoms with van der Waals surface area (Å²) in [6.45, 7) is 1.78. The highest BCUT2D eigenvalue weighted by atomic mass is 32.2. The molecular weight excluding hydrogens is 475 g/mol. The van der Waals surface area contributed by atoms with Crippen LogP contribution in [0.3, 0.4) is 0 Å². The van der Waals surface area contributed by atoms with Gasteiger partial charge in [-0.25, -0.2) is 4.39 Å². The topological polar surface area (TPSA) is 89.3 Å². The molecule has 1 atom stereocenters. The molecule has 0 aliphatic carbocycles. The summed E-state index contributed by atoms with van der Waals surface area (Å²) in [5.41, 5.74) is 2.26. The molecule has 0 unspecified atom stereocenters. The van der Waals surface area contributed by atoms with Crippen LogP contribution in [0.15, 0.2) is 69.4 Å². The van der Waals surface area contributed by atoms with Crippen LogP contribution in [0.1, 0.15) is 6.92 Å². The first-order chi connectivity index (χ1) is 16.5. The molecule has 2 heterocycles. The molecule has 0 bridgehead atoms. The van der Waals surface area contributed by atoms with E-state index in [-0.39, 0.29) is 11.7 Å². The van der Waals surface area contributed by atoms with Crippen molar-refractivity contribution in [2.45, 2.75) is 16.5 Å². The Balaban J connectivity index is 1.30. The Labute approximate surface area is 202 Å². The molecule has 0 saturated heterocycles. The van der Waals surface area contributed by atoms with Crippen molar-refractivity contribution >= 4 is 67.5 Å². The largest absolute Gasteiger partial charge is 0.495 e. The number of fused-ring (bicyclic) bond motifs is 3. The fourth-order valence-electron chi connectivity index (χ4n) is 3.44. The van der Waals surface area contributed by atoms with Crippen molar-refractivity contribution in [3.8, 4) is 5.75 Å². The number of halogens is 1. The first kappa shape index (κ1) is 22.2. The van der Waals surface area contributed by atoms with Crippen molar-refractivity contribution in [3.05, 3.63) is 66.5 Å². The first-order valence-electron chi connectivity index (χ1n) is 10.3. The monoisotopic (exact) mass is 494 g/mol. The van der Waals surface area contributed by atoms with E-state index in [1.165, 1.54) is 29.2 Å². The standard InChI is InChI=1S/C24H19FN4O3S2/c1-13(33-24-29-28-23(34-24)27-17-9-5-4-8-16(17)25)22(30)26-18-12-20-15(11-21(18)31-2)14-7-3-6-10-19(14)32-20/h3-13H,1-2H3,(H,26,30)(H,27,28)/t13-/m1/s1. The average molecular weight is 495 g/mol. The van der Waals surface area contributed by atoms with Crippen LogP contribution in [0.4, 0.5) is 20.9 Å². The predicted octanol–water partition coefficient (Wildman–Crippen LogP) is 6.45. The van der Waals surface area contributed by atoms with Crippen LogP contribution in [0, 0.1) is 5.82 Å². The molecule has 5 aromatic rings. The summed E-state index contributed by atoms with van der Waals surface area (Å²) in [5.74, 6) is -0.0653. The molecule has 7 nitrogen and oxygen atoms in total. The number of rotatable bonds is 7. The minimum Gasteiger partial charge on any atom is -0.495 e. The number of benzene rings is 3. The second-order valence-electron chi connectivity index (χ2n) is 7.37. The van der Waals surface area contributed by atoms with Gasteiger partial charge in [0.25, 0.3) is 0 Å². The summed E-state index contributed by atoms with van der Waals surface area (Å²) in [6, 6.07) is 17.7. The number of para-hydroxylation sites is 2. The maximum absolute atomic E-state index is 13.8. The number of anilines is 3. The molecule has 0 fully saturated rings. The van der Waals surface area contributed by atoms with Gasteiger partial charge in [0.15, 0.2) is 4.34 Å². The lowest BCUT2D eigenvalue weighted by Crippen LogP contribution is -2.22. The Kier molecular flexibility index (Phi) is 6.08. The summed E-state index contributed by atoms with van der Waals surface area (Å²) >= 11 is 2.51. The number of carbonyl (C=O) groups is 1. The smallest absolute Gasteiger partial charge is 0.237 e. The number of furan rings is 1. The van der Waals surface area contributed by atoms with Crippen molar-refractivity contribution in [3.63, 3.8) is 0 Å². The first-order valence-corrected chi connectivity index (χ1v) is 12.0. The Hall–Kier alpha value is -3.63. The number of hydrogen-bond donors (Lipinski definition) is 2. The van der Waals surface area contributed by atoms with E-state index in [1.807, 2.05) is 30.3 Å². The molecule has 1 amide bonds. The van der Waals surface area contributed by atoms with Crippen LogP contribution < -0.4 is 15.4 Å². The number of aromatic nitrogens is 2. The molecule has 10 heteroatoms. The Morgan fingerprint density at radius 1 is 1.06 bits per heavy atom. The van der Waals surface area contributed by atoms with Gasteiger partial charge in [-0.3, -0.25) is 4.79 Å². The van der Waals surface area contributed by atoms with Gasteiger partial charge in [0.05, 0.1) is 23.7 Å². The van der Waals surface area contributed by atoms with Gasteiger partial charge in [-0.15, -0.1) is 10.2 Å². The molecule has 2 aromatic heterocycles. The lowest BCUT2D eigenvalue weighted by atomic mass is 10.1. The highest BCUT2D eigenvalue weighted by Crippen LogP contribution is 2.37. The van der Waals surface area contributed by atoms with Gasteiger partial charge in [-0.05, 0) is 31.2 Å². The molecule has 0 radical (unpaired) electrons. The van der Waals surface area contributed by atoms with E-state index in [2.05, 4.69) is 20.8 Å². The Morgan fingerprint density at radius 3 is 2.68 bits per heavy atom. The fourth-order valence-corrected chi connectivity index (χ4v) is 5.35. The third-order valence-electron chi connectivity index (χ3n) is 5.13. The molecule has 5 rings (SSSR count). The minimum atomic E-state index is -0.467. The van der Waals surface area contributed by atoms with Crippen LogP contribution in [-0.4, -0.2) is 28.5 Å². The fraction of sp³-hybridized carbons (Fsp3) is 0.125. The van der Waals surface area contributed by atoms with Crippen LogP contribution >= 0.6 is 23.1 Å². The zero-order valence-corrected chi connectivity index (χ0v) is 19.8. The molecule has 0 aliphatic heterocycles. The number of hydrogen-bond acceptors (Lipinski definition) is 8. The number of thioether (sulfide) groups is 1. The molecule has 3 aromatic carbocycles. The maximum atomic E-state index is 13.8. The summed E-state index contributed by atoms with van der Waals surface area (Å²) in [4.78, 5) is 12.9. The average Bonchev–Trinajstić information content (AvgIpc) is 3.43. The highest BCUT2D eigenvalue weighted by molar-refractivity contribution is 8.02. The van der Waals surface area contributed by atoms with Gasteiger partial charge in [-0.1, -0.05) is 53.4 Å². The van der Waals surface area contributed by atoms with Crippen LogP contribution in [0.5, 0.6) is 5.75 Å². The van der Waals surface area contributed by atoms with Gasteiger partial charge in [-0.2, -0.15) is 0 Å². The normalized spacial score (nSPS) is 12.1. The summed E-state index contributed by atoms with van der Waals surface area (Å²) in [6.07, 6.45) is 0. The van der Waals surface area contributed by atoms with E-state index in [0.717, 1.165) is 16.4 Å². The Bertz CT molecular complexity index is 1500. The summed E-state index contributed by atoms with van der Waals surface area (Å²) < 4.78 is 25.9. The second-order valence-corrected chi connectivity index (χ2v) is 9.94. The second kappa shape index (κ2) is 9.32. The lowest BCUT2D eigenvalue weighted by molar-refractivity contribution is -0.115. The van der Waals surface area contributed by atoms with Crippen LogP contribution in [0.2, 0.25) is 0 Å². The quantitative estimate of drug-likeness (QED) is 0.251. The number of amides is 1. The number of methoxy groups -OCH3 is 1. The molecule has 0 aliphatic rings. The Morgan fingerprint density at radius 2 is 1.85 bits per heavy atom. The van der Waals surface area contributed by atoms with Crippen molar-refractivity contribution in [2.75, 3.05) is 17.7 Å². The molecule has 2 N–H and O–H groups in total. The van der Waals surface area contributed by atoms with Crippen LogP contribution in [0.25, 0.3) is 21.9 Å². The third-order valence-corrected chi connectivity index (χ3v) is 7.15. The molecule has 0 spiro atoms. The lowest BCUT2D eigenvalue weighted by Gasteiger charge is -2.13. The molecule has 172 valence electrons. The zero-order valence-electron chi connectivity index (χ0n) is 18.2. The molecular formula is C24H19FN4O3S2. The number of nitrogens with zero attached hydrogens (tertiary/aromatic N) is 2. The van der Waals surface area contributed by atoms with Gasteiger partial charge in [0.1, 0.15) is 22.7 Å². The van der Waals surface area contributed by atoms with Crippen LogP contribution in [-0.2, 0) is 4.79 Å². The zero-order chi connectivity index (χ0) is 23.7. The number of ether oxygens (including phenoxy) is 1. The van der Waals surface area contributed by atoms with Crippen molar-refractivity contribution in [2.24, 2.45) is 0 Å². The SMILES string of the molecule is COc1cc2c(cc1NC(=O)[C@@H](C)Sc1nnc(Nc3ccccc3F)s1)oc1ccccc12. The van der Waals surface area contributed by atoms with Gasteiger partial charge >= 0.3 is 0 Å². The summed E-state index contributed by atoms with van der Waals surface area (Å²) in [5, 5.41) is 15.8. The molecule has 34 heavy (non-hydrogen) atoms. The van der Waals surface area contributed by atoms with E-state index in [4.69, 9.17) is 9.15 Å². The highest BCUT2D eigenvalue weighted by Gasteiger charge is 2.20. The van der Waals surface area contributed by atoms with E-state index < -0.39 is 5.25 Å². The minimum absolute atomic E-state index is 0.224. The number of carbonyl (C=O) groups excluding carboxylic acids is 1. The van der Waals surface area contributed by atoms with Gasteiger partial charge in [0.2, 0.25) is 11.0 Å². The number of nitrogens with one attached hydrogen (secondary N) is 2. The predicted molar refractivity (Wildman–Crippen MR) is 134 cm³/mol. The van der Waals surface area contributed by atoms with E-state index >= 15 is 0 Å².